The Labute approximate surface area is 122 Å². The minimum atomic E-state index is -0.0832. The largest absolute Gasteiger partial charge is 0.494 e. The first kappa shape index (κ1) is 14.4. The summed E-state index contributed by atoms with van der Waals surface area (Å²) in [4.78, 5) is 14.1. The second-order valence-electron chi connectivity index (χ2n) is 4.54. The topological polar surface area (TPSA) is 41.6 Å². The highest BCUT2D eigenvalue weighted by molar-refractivity contribution is 6.37. The Bertz CT molecular complexity index is 465. The average molecular weight is 303 g/mol. The highest BCUT2D eigenvalue weighted by atomic mass is 35.5. The van der Waals surface area contributed by atoms with Gasteiger partial charge >= 0.3 is 0 Å². The lowest BCUT2D eigenvalue weighted by molar-refractivity contribution is 0.0744. The van der Waals surface area contributed by atoms with Crippen molar-refractivity contribution in [1.29, 1.82) is 0 Å². The maximum atomic E-state index is 12.4. The smallest absolute Gasteiger partial charge is 0.253 e. The lowest BCUT2D eigenvalue weighted by Gasteiger charge is -2.24. The Morgan fingerprint density at radius 2 is 2.05 bits per heavy atom. The molecule has 0 aromatic heterocycles. The summed E-state index contributed by atoms with van der Waals surface area (Å²) in [6.07, 6.45) is 0.958. The number of rotatable bonds is 3. The number of nitrogens with one attached hydrogen (secondary N) is 1. The van der Waals surface area contributed by atoms with Crippen LogP contribution in [0.5, 0.6) is 5.75 Å². The molecule has 4 nitrogen and oxygen atoms in total. The van der Waals surface area contributed by atoms with Gasteiger partial charge in [0.15, 0.2) is 5.75 Å². The van der Waals surface area contributed by atoms with E-state index in [1.165, 1.54) is 7.11 Å². The molecule has 19 heavy (non-hydrogen) atoms. The molecule has 0 aliphatic carbocycles. The third-order valence-electron chi connectivity index (χ3n) is 3.35. The van der Waals surface area contributed by atoms with E-state index < -0.39 is 0 Å². The Morgan fingerprint density at radius 1 is 1.42 bits per heavy atom. The Balaban J connectivity index is 2.23. The van der Waals surface area contributed by atoms with Crippen molar-refractivity contribution in [2.24, 2.45) is 0 Å². The number of amides is 1. The molecule has 2 rings (SSSR count). The number of methoxy groups -OCH3 is 1. The molecule has 1 fully saturated rings. The van der Waals surface area contributed by atoms with Crippen molar-refractivity contribution in [1.82, 2.24) is 10.2 Å². The normalized spacial score (nSPS) is 18.4. The standard InChI is InChI=1S/C13H16Cl2N2O2/c1-17(9-3-4-16-7-9)13(18)8-5-10(14)12(19-2)11(15)6-8/h5-6,9,16H,3-4,7H2,1-2H3/t9-/m1/s1. The van der Waals surface area contributed by atoms with Crippen LogP contribution >= 0.6 is 23.2 Å². The van der Waals surface area contributed by atoms with Crippen LogP contribution in [0, 0.1) is 0 Å². The summed E-state index contributed by atoms with van der Waals surface area (Å²) in [7, 11) is 3.29. The molecule has 0 unspecified atom stereocenters. The maximum absolute atomic E-state index is 12.4. The lowest BCUT2D eigenvalue weighted by Crippen LogP contribution is -2.38. The number of ether oxygens (including phenoxy) is 1. The molecule has 0 saturated carbocycles. The van der Waals surface area contributed by atoms with Crippen LogP contribution in [0.2, 0.25) is 10.0 Å². The Kier molecular flexibility index (Phi) is 4.55. The van der Waals surface area contributed by atoms with Gasteiger partial charge in [0.1, 0.15) is 0 Å². The van der Waals surface area contributed by atoms with Gasteiger partial charge < -0.3 is 15.0 Å². The molecule has 1 N–H and O–H groups in total. The number of halogens is 2. The summed E-state index contributed by atoms with van der Waals surface area (Å²) in [5.74, 6) is 0.310. The predicted molar refractivity (Wildman–Crippen MR) is 76.4 cm³/mol. The third-order valence-corrected chi connectivity index (χ3v) is 3.91. The number of carbonyl (C=O) groups is 1. The van der Waals surface area contributed by atoms with Crippen LogP contribution in [0.3, 0.4) is 0 Å². The quantitative estimate of drug-likeness (QED) is 0.932. The molecule has 1 aromatic rings. The molecule has 0 radical (unpaired) electrons. The lowest BCUT2D eigenvalue weighted by atomic mass is 10.1. The molecule has 104 valence electrons. The van der Waals surface area contributed by atoms with Crippen molar-refractivity contribution in [3.05, 3.63) is 27.7 Å². The van der Waals surface area contributed by atoms with Crippen LogP contribution in [-0.4, -0.2) is 44.1 Å². The van der Waals surface area contributed by atoms with Crippen LogP contribution in [0.1, 0.15) is 16.8 Å². The van der Waals surface area contributed by atoms with E-state index in [1.54, 1.807) is 24.1 Å². The molecule has 1 amide bonds. The second kappa shape index (κ2) is 5.99. The molecule has 1 heterocycles. The second-order valence-corrected chi connectivity index (χ2v) is 5.35. The number of likely N-dealkylation sites (N-methyl/N-ethyl adjacent to an activating group) is 1. The maximum Gasteiger partial charge on any atom is 0.253 e. The number of nitrogens with zero attached hydrogens (tertiary/aromatic N) is 1. The molecule has 6 heteroatoms. The van der Waals surface area contributed by atoms with Crippen LogP contribution in [-0.2, 0) is 0 Å². The SMILES string of the molecule is COc1c(Cl)cc(C(=O)N(C)[C@@H]2CCNC2)cc1Cl. The Hall–Kier alpha value is -0.970. The van der Waals surface area contributed by atoms with Gasteiger partial charge in [-0.1, -0.05) is 23.2 Å². The summed E-state index contributed by atoms with van der Waals surface area (Å²) in [6, 6.07) is 3.40. The molecule has 1 aliphatic heterocycles. The molecular formula is C13H16Cl2N2O2. The van der Waals surface area contributed by atoms with Crippen molar-refractivity contribution >= 4 is 29.1 Å². The average Bonchev–Trinajstić information content (AvgIpc) is 2.90. The van der Waals surface area contributed by atoms with Gasteiger partial charge in [-0.15, -0.1) is 0 Å². The molecule has 1 saturated heterocycles. The van der Waals surface area contributed by atoms with Crippen LogP contribution in [0.4, 0.5) is 0 Å². The number of hydrogen-bond acceptors (Lipinski definition) is 3. The van der Waals surface area contributed by atoms with E-state index in [4.69, 9.17) is 27.9 Å². The zero-order valence-corrected chi connectivity index (χ0v) is 12.4. The van der Waals surface area contributed by atoms with E-state index >= 15 is 0 Å². The van der Waals surface area contributed by atoms with Gasteiger partial charge in [0.2, 0.25) is 0 Å². The first-order valence-electron chi connectivity index (χ1n) is 6.05. The highest BCUT2D eigenvalue weighted by Crippen LogP contribution is 2.34. The minimum absolute atomic E-state index is 0.0832. The van der Waals surface area contributed by atoms with E-state index in [0.29, 0.717) is 21.4 Å². The predicted octanol–water partition coefficient (Wildman–Crippen LogP) is 2.44. The zero-order chi connectivity index (χ0) is 14.0. The van der Waals surface area contributed by atoms with E-state index in [9.17, 15) is 4.79 Å². The van der Waals surface area contributed by atoms with Crippen LogP contribution < -0.4 is 10.1 Å². The van der Waals surface area contributed by atoms with Gasteiger partial charge in [0.25, 0.3) is 5.91 Å². The van der Waals surface area contributed by atoms with Gasteiger partial charge in [0, 0.05) is 25.2 Å². The van der Waals surface area contributed by atoms with Crippen molar-refractivity contribution in [3.63, 3.8) is 0 Å². The molecule has 0 spiro atoms. The molecule has 1 aromatic carbocycles. The molecule has 1 aliphatic rings. The van der Waals surface area contributed by atoms with Crippen molar-refractivity contribution in [3.8, 4) is 5.75 Å². The fourth-order valence-corrected chi connectivity index (χ4v) is 2.86. The number of hydrogen-bond donors (Lipinski definition) is 1. The monoisotopic (exact) mass is 302 g/mol. The van der Waals surface area contributed by atoms with Crippen molar-refractivity contribution < 1.29 is 9.53 Å². The highest BCUT2D eigenvalue weighted by Gasteiger charge is 2.25. The van der Waals surface area contributed by atoms with E-state index in [2.05, 4.69) is 5.32 Å². The van der Waals surface area contributed by atoms with Gasteiger partial charge in [-0.05, 0) is 25.1 Å². The van der Waals surface area contributed by atoms with Crippen molar-refractivity contribution in [2.75, 3.05) is 27.2 Å². The first-order valence-corrected chi connectivity index (χ1v) is 6.81. The third kappa shape index (κ3) is 2.96. The number of benzene rings is 1. The summed E-state index contributed by atoms with van der Waals surface area (Å²) >= 11 is 12.1. The fraction of sp³-hybridized carbons (Fsp3) is 0.462. The van der Waals surface area contributed by atoms with Crippen LogP contribution in [0.15, 0.2) is 12.1 Å². The first-order chi connectivity index (χ1) is 9.04. The molecular weight excluding hydrogens is 287 g/mol. The number of carbonyl (C=O) groups excluding carboxylic acids is 1. The van der Waals surface area contributed by atoms with E-state index in [0.717, 1.165) is 19.5 Å². The Morgan fingerprint density at radius 3 is 2.53 bits per heavy atom. The molecule has 1 atom stereocenters. The van der Waals surface area contributed by atoms with E-state index in [1.807, 2.05) is 0 Å². The van der Waals surface area contributed by atoms with Gasteiger partial charge in [0.05, 0.1) is 17.2 Å². The van der Waals surface area contributed by atoms with Crippen molar-refractivity contribution in [2.45, 2.75) is 12.5 Å². The minimum Gasteiger partial charge on any atom is -0.494 e. The van der Waals surface area contributed by atoms with Gasteiger partial charge in [-0.2, -0.15) is 0 Å². The van der Waals surface area contributed by atoms with Gasteiger partial charge in [-0.3, -0.25) is 4.79 Å². The van der Waals surface area contributed by atoms with E-state index in [-0.39, 0.29) is 11.9 Å². The molecule has 0 bridgehead atoms. The summed E-state index contributed by atoms with van der Waals surface area (Å²) in [6.45, 7) is 1.76. The fourth-order valence-electron chi connectivity index (χ4n) is 2.22. The summed E-state index contributed by atoms with van der Waals surface area (Å²) < 4.78 is 5.07. The van der Waals surface area contributed by atoms with Crippen LogP contribution in [0.25, 0.3) is 0 Å². The zero-order valence-electron chi connectivity index (χ0n) is 10.9. The van der Waals surface area contributed by atoms with Gasteiger partial charge in [-0.25, -0.2) is 0 Å². The summed E-state index contributed by atoms with van der Waals surface area (Å²) in [5.41, 5.74) is 0.477. The summed E-state index contributed by atoms with van der Waals surface area (Å²) in [5, 5.41) is 3.92.